The van der Waals surface area contributed by atoms with Crippen molar-refractivity contribution in [2.24, 2.45) is 0 Å². The molecule has 2 aromatic rings. The number of carbonyl (C=O) groups is 2. The van der Waals surface area contributed by atoms with E-state index in [0.717, 1.165) is 12.1 Å². The average molecular weight is 418 g/mol. The van der Waals surface area contributed by atoms with Crippen molar-refractivity contribution in [1.29, 1.82) is 0 Å². The zero-order valence-corrected chi connectivity index (χ0v) is 16.2. The number of hydrogen-bond donors (Lipinski definition) is 1. The van der Waals surface area contributed by atoms with Gasteiger partial charge in [-0.05, 0) is 24.5 Å². The van der Waals surface area contributed by atoms with Crippen molar-refractivity contribution in [3.63, 3.8) is 0 Å². The number of aromatic nitrogens is 1. The van der Waals surface area contributed by atoms with Gasteiger partial charge in [0, 0.05) is 18.7 Å². The van der Waals surface area contributed by atoms with Crippen molar-refractivity contribution >= 4 is 11.7 Å². The van der Waals surface area contributed by atoms with Crippen LogP contribution in [0.1, 0.15) is 46.2 Å². The number of amides is 1. The molecule has 4 rings (SSSR count). The average Bonchev–Trinajstić information content (AvgIpc) is 3.13. The molecular weight excluding hydrogens is 398 g/mol. The van der Waals surface area contributed by atoms with E-state index in [2.05, 4.69) is 0 Å². The maximum atomic E-state index is 13.8. The van der Waals surface area contributed by atoms with Crippen molar-refractivity contribution in [2.75, 3.05) is 6.61 Å². The van der Waals surface area contributed by atoms with Gasteiger partial charge in [-0.2, -0.15) is 0 Å². The first-order valence-corrected chi connectivity index (χ1v) is 9.69. The number of Topliss-reactive ketones (excluding diaryl/α,β-unsaturated/α-hetero) is 1. The molecule has 2 aliphatic heterocycles. The molecule has 1 saturated heterocycles. The molecule has 0 spiro atoms. The number of rotatable bonds is 5. The number of nitrogens with zero attached hydrogens (tertiary/aromatic N) is 2. The minimum atomic E-state index is -0.939. The Kier molecular flexibility index (Phi) is 5.15. The summed E-state index contributed by atoms with van der Waals surface area (Å²) in [5.41, 5.74) is -1.25. The van der Waals surface area contributed by atoms with Crippen LogP contribution >= 0.6 is 0 Å². The SMILES string of the molecule is CC[C@H]1CO[C@@H]2Cn3cc(C(=O)CCc4ccc(F)cc4F)c(=O)c(O)c3C(=O)N12. The lowest BCUT2D eigenvalue weighted by Gasteiger charge is -2.34. The molecular formula is C21H20F2N2O5. The summed E-state index contributed by atoms with van der Waals surface area (Å²) in [6.07, 6.45) is 1.13. The molecule has 30 heavy (non-hydrogen) atoms. The van der Waals surface area contributed by atoms with Gasteiger partial charge in [-0.25, -0.2) is 8.78 Å². The summed E-state index contributed by atoms with van der Waals surface area (Å²) < 4.78 is 33.8. The standard InChI is InChI=1S/C21H20F2N2O5/c1-2-13-10-30-17-9-24-8-14(19(27)20(28)18(24)21(29)25(13)17)16(26)6-4-11-3-5-12(22)7-15(11)23/h3,5,7-8,13,17,28H,2,4,6,9-10H2,1H3/t13-,17+/m0/s1. The van der Waals surface area contributed by atoms with Gasteiger partial charge in [0.2, 0.25) is 5.43 Å². The van der Waals surface area contributed by atoms with Crippen molar-refractivity contribution in [3.05, 3.63) is 63.1 Å². The fourth-order valence-corrected chi connectivity index (χ4v) is 3.98. The highest BCUT2D eigenvalue weighted by Crippen LogP contribution is 2.30. The molecule has 7 nitrogen and oxygen atoms in total. The smallest absolute Gasteiger partial charge is 0.276 e. The van der Waals surface area contributed by atoms with E-state index in [1.165, 1.54) is 21.7 Å². The molecule has 158 valence electrons. The molecule has 0 radical (unpaired) electrons. The molecule has 0 unspecified atom stereocenters. The lowest BCUT2D eigenvalue weighted by atomic mass is 10.0. The molecule has 0 bridgehead atoms. The number of aromatic hydroxyl groups is 1. The largest absolute Gasteiger partial charge is 0.503 e. The Morgan fingerprint density at radius 2 is 2.07 bits per heavy atom. The highest BCUT2D eigenvalue weighted by Gasteiger charge is 2.43. The van der Waals surface area contributed by atoms with E-state index in [-0.39, 0.29) is 42.2 Å². The second kappa shape index (κ2) is 7.64. The highest BCUT2D eigenvalue weighted by molar-refractivity contribution is 6.00. The van der Waals surface area contributed by atoms with Gasteiger partial charge in [-0.1, -0.05) is 13.0 Å². The number of benzene rings is 1. The Morgan fingerprint density at radius 3 is 2.77 bits per heavy atom. The highest BCUT2D eigenvalue weighted by atomic mass is 19.1. The number of pyridine rings is 1. The van der Waals surface area contributed by atoms with E-state index in [0.29, 0.717) is 13.0 Å². The molecule has 1 aromatic heterocycles. The van der Waals surface area contributed by atoms with E-state index in [1.54, 1.807) is 0 Å². The van der Waals surface area contributed by atoms with Gasteiger partial charge in [0.15, 0.2) is 23.5 Å². The van der Waals surface area contributed by atoms with Crippen LogP contribution in [0, 0.1) is 11.6 Å². The maximum absolute atomic E-state index is 13.8. The molecule has 1 fully saturated rings. The quantitative estimate of drug-likeness (QED) is 0.753. The third-order valence-electron chi connectivity index (χ3n) is 5.64. The van der Waals surface area contributed by atoms with Crippen LogP contribution < -0.4 is 5.43 Å². The maximum Gasteiger partial charge on any atom is 0.276 e. The molecule has 0 saturated carbocycles. The predicted molar refractivity (Wildman–Crippen MR) is 101 cm³/mol. The van der Waals surface area contributed by atoms with Gasteiger partial charge in [0.25, 0.3) is 5.91 Å². The summed E-state index contributed by atoms with van der Waals surface area (Å²) in [7, 11) is 0. The molecule has 2 aliphatic rings. The Hall–Kier alpha value is -3.07. The lowest BCUT2D eigenvalue weighted by molar-refractivity contribution is 0.00564. The van der Waals surface area contributed by atoms with Crippen molar-refractivity contribution in [2.45, 2.75) is 45.0 Å². The minimum Gasteiger partial charge on any atom is -0.503 e. The first-order valence-electron chi connectivity index (χ1n) is 9.69. The number of ether oxygens (including phenoxy) is 1. The number of aryl methyl sites for hydroxylation is 1. The Balaban J connectivity index is 1.62. The Bertz CT molecular complexity index is 1100. The summed E-state index contributed by atoms with van der Waals surface area (Å²) in [6, 6.07) is 2.91. The number of halogens is 2. The third kappa shape index (κ3) is 3.28. The van der Waals surface area contributed by atoms with E-state index in [1.807, 2.05) is 6.92 Å². The zero-order chi connectivity index (χ0) is 21.6. The van der Waals surface area contributed by atoms with Gasteiger partial charge in [0.1, 0.15) is 11.6 Å². The van der Waals surface area contributed by atoms with E-state index >= 15 is 0 Å². The Labute approximate surface area is 170 Å². The van der Waals surface area contributed by atoms with Gasteiger partial charge in [-0.3, -0.25) is 14.4 Å². The van der Waals surface area contributed by atoms with Crippen LogP contribution in [0.4, 0.5) is 8.78 Å². The van der Waals surface area contributed by atoms with Crippen LogP contribution in [-0.2, 0) is 17.7 Å². The predicted octanol–water partition coefficient (Wildman–Crippen LogP) is 2.24. The fourth-order valence-electron chi connectivity index (χ4n) is 3.98. The summed E-state index contributed by atoms with van der Waals surface area (Å²) in [6.45, 7) is 2.46. The first-order chi connectivity index (χ1) is 14.3. The van der Waals surface area contributed by atoms with Crippen LogP contribution in [0.3, 0.4) is 0 Å². The fraction of sp³-hybridized carbons (Fsp3) is 0.381. The number of ketones is 1. The molecule has 9 heteroatoms. The molecule has 1 aromatic carbocycles. The topological polar surface area (TPSA) is 88.8 Å². The minimum absolute atomic E-state index is 0.0382. The van der Waals surface area contributed by atoms with E-state index < -0.39 is 40.7 Å². The second-order valence-electron chi connectivity index (χ2n) is 7.44. The number of hydrogen-bond acceptors (Lipinski definition) is 5. The zero-order valence-electron chi connectivity index (χ0n) is 16.2. The van der Waals surface area contributed by atoms with Crippen molar-refractivity contribution < 1.29 is 28.2 Å². The van der Waals surface area contributed by atoms with E-state index in [4.69, 9.17) is 4.74 Å². The molecule has 0 aliphatic carbocycles. The molecule has 1 N–H and O–H groups in total. The summed E-state index contributed by atoms with van der Waals surface area (Å²) >= 11 is 0. The van der Waals surface area contributed by atoms with Crippen LogP contribution in [0.5, 0.6) is 5.75 Å². The Morgan fingerprint density at radius 1 is 1.30 bits per heavy atom. The summed E-state index contributed by atoms with van der Waals surface area (Å²) in [4.78, 5) is 39.6. The van der Waals surface area contributed by atoms with Gasteiger partial charge >= 0.3 is 0 Å². The lowest BCUT2D eigenvalue weighted by Crippen LogP contribution is -2.49. The monoisotopic (exact) mass is 418 g/mol. The van der Waals surface area contributed by atoms with Crippen LogP contribution in [0.2, 0.25) is 0 Å². The van der Waals surface area contributed by atoms with Crippen LogP contribution in [-0.4, -0.2) is 45.1 Å². The molecule has 3 heterocycles. The molecule has 1 amide bonds. The van der Waals surface area contributed by atoms with Crippen molar-refractivity contribution in [1.82, 2.24) is 9.47 Å². The third-order valence-corrected chi connectivity index (χ3v) is 5.64. The van der Waals surface area contributed by atoms with E-state index in [9.17, 15) is 28.3 Å². The van der Waals surface area contributed by atoms with Crippen LogP contribution in [0.15, 0.2) is 29.2 Å². The van der Waals surface area contributed by atoms with Gasteiger partial charge in [0.05, 0.1) is 24.8 Å². The second-order valence-corrected chi connectivity index (χ2v) is 7.44. The van der Waals surface area contributed by atoms with Gasteiger partial charge in [-0.15, -0.1) is 0 Å². The van der Waals surface area contributed by atoms with Gasteiger partial charge < -0.3 is 19.3 Å². The van der Waals surface area contributed by atoms with Crippen molar-refractivity contribution in [3.8, 4) is 5.75 Å². The molecule has 2 atom stereocenters. The summed E-state index contributed by atoms with van der Waals surface area (Å²) in [5, 5.41) is 10.4. The van der Waals surface area contributed by atoms with Crippen LogP contribution in [0.25, 0.3) is 0 Å². The number of fused-ring (bicyclic) bond motifs is 2. The normalized spacial score (nSPS) is 20.2. The first kappa shape index (κ1) is 20.2. The summed E-state index contributed by atoms with van der Waals surface area (Å²) in [5.74, 6) is -3.40. The number of carbonyl (C=O) groups excluding carboxylic acids is 2.